The van der Waals surface area contributed by atoms with Crippen LogP contribution in [0.3, 0.4) is 0 Å². The van der Waals surface area contributed by atoms with Gasteiger partial charge in [-0.1, -0.05) is 30.5 Å². The number of hydrogen-bond donors (Lipinski definition) is 2. The zero-order valence-corrected chi connectivity index (χ0v) is 14.7. The van der Waals surface area contributed by atoms with Gasteiger partial charge >= 0.3 is 0 Å². The maximum atomic E-state index is 9.88. The van der Waals surface area contributed by atoms with E-state index in [1.54, 1.807) is 0 Å². The minimum Gasteiger partial charge on any atom is -0.491 e. The Morgan fingerprint density at radius 1 is 1.04 bits per heavy atom. The third-order valence-corrected chi connectivity index (χ3v) is 4.46. The second kappa shape index (κ2) is 9.26. The van der Waals surface area contributed by atoms with Crippen molar-refractivity contribution in [3.8, 4) is 5.75 Å². The SMILES string of the molecule is Cc1cc(C)c(OCCOCCNC2CCCCC2O)c(C)c1. The van der Waals surface area contributed by atoms with Crippen molar-refractivity contribution in [1.29, 1.82) is 0 Å². The first-order valence-electron chi connectivity index (χ1n) is 8.78. The molecule has 1 aliphatic carbocycles. The molecule has 0 radical (unpaired) electrons. The van der Waals surface area contributed by atoms with E-state index >= 15 is 0 Å². The van der Waals surface area contributed by atoms with Gasteiger partial charge < -0.3 is 19.9 Å². The van der Waals surface area contributed by atoms with Gasteiger partial charge in [0.05, 0.1) is 19.3 Å². The first kappa shape index (κ1) is 18.2. The van der Waals surface area contributed by atoms with E-state index in [2.05, 4.69) is 38.2 Å². The Bertz CT molecular complexity index is 466. The Hall–Kier alpha value is -1.10. The molecule has 0 aliphatic heterocycles. The van der Waals surface area contributed by atoms with E-state index in [1.807, 2.05) is 0 Å². The van der Waals surface area contributed by atoms with Gasteiger partial charge in [-0.3, -0.25) is 0 Å². The van der Waals surface area contributed by atoms with Gasteiger partial charge in [0.1, 0.15) is 12.4 Å². The molecule has 4 heteroatoms. The van der Waals surface area contributed by atoms with Gasteiger partial charge in [-0.25, -0.2) is 0 Å². The Morgan fingerprint density at radius 3 is 2.43 bits per heavy atom. The summed E-state index contributed by atoms with van der Waals surface area (Å²) in [4.78, 5) is 0. The molecule has 0 aromatic heterocycles. The summed E-state index contributed by atoms with van der Waals surface area (Å²) in [6.45, 7) is 8.84. The van der Waals surface area contributed by atoms with Gasteiger partial charge in [0.25, 0.3) is 0 Å². The molecule has 0 saturated heterocycles. The molecule has 4 nitrogen and oxygen atoms in total. The third kappa shape index (κ3) is 5.79. The Balaban J connectivity index is 1.58. The van der Waals surface area contributed by atoms with Crippen molar-refractivity contribution < 1.29 is 14.6 Å². The number of ether oxygens (including phenoxy) is 2. The highest BCUT2D eigenvalue weighted by molar-refractivity contribution is 5.42. The molecule has 2 rings (SSSR count). The van der Waals surface area contributed by atoms with Crippen LogP contribution in [0.4, 0.5) is 0 Å². The molecule has 0 bridgehead atoms. The van der Waals surface area contributed by atoms with Crippen LogP contribution in [0.5, 0.6) is 5.75 Å². The van der Waals surface area contributed by atoms with E-state index in [4.69, 9.17) is 9.47 Å². The van der Waals surface area contributed by atoms with E-state index in [1.165, 1.54) is 23.1 Å². The second-order valence-corrected chi connectivity index (χ2v) is 6.60. The van der Waals surface area contributed by atoms with Crippen molar-refractivity contribution in [1.82, 2.24) is 5.32 Å². The fourth-order valence-electron chi connectivity index (χ4n) is 3.37. The molecule has 1 saturated carbocycles. The minimum absolute atomic E-state index is 0.195. The van der Waals surface area contributed by atoms with Crippen LogP contribution in [-0.2, 0) is 4.74 Å². The lowest BCUT2D eigenvalue weighted by Gasteiger charge is -2.28. The molecule has 0 amide bonds. The van der Waals surface area contributed by atoms with Crippen molar-refractivity contribution in [2.75, 3.05) is 26.4 Å². The molecular formula is C19H31NO3. The minimum atomic E-state index is -0.195. The molecule has 2 atom stereocenters. The number of aliphatic hydroxyl groups is 1. The summed E-state index contributed by atoms with van der Waals surface area (Å²) >= 11 is 0. The van der Waals surface area contributed by atoms with Gasteiger partial charge in [0, 0.05) is 12.6 Å². The largest absolute Gasteiger partial charge is 0.491 e. The number of aliphatic hydroxyl groups excluding tert-OH is 1. The Labute approximate surface area is 140 Å². The first-order valence-corrected chi connectivity index (χ1v) is 8.78. The fraction of sp³-hybridized carbons (Fsp3) is 0.684. The molecule has 1 aliphatic rings. The zero-order valence-electron chi connectivity index (χ0n) is 14.7. The predicted octanol–water partition coefficient (Wildman–Crippen LogP) is 2.90. The Morgan fingerprint density at radius 2 is 1.74 bits per heavy atom. The standard InChI is InChI=1S/C19H31NO3/c1-14-12-15(2)19(16(3)13-14)23-11-10-22-9-8-20-17-6-4-5-7-18(17)21/h12-13,17-18,20-21H,4-11H2,1-3H3. The quantitative estimate of drug-likeness (QED) is 0.723. The molecule has 1 aromatic carbocycles. The van der Waals surface area contributed by atoms with Crippen LogP contribution in [0.15, 0.2) is 12.1 Å². The highest BCUT2D eigenvalue weighted by atomic mass is 16.5. The van der Waals surface area contributed by atoms with Gasteiger partial charge in [-0.15, -0.1) is 0 Å². The highest BCUT2D eigenvalue weighted by Gasteiger charge is 2.21. The van der Waals surface area contributed by atoms with Crippen LogP contribution in [-0.4, -0.2) is 43.6 Å². The summed E-state index contributed by atoms with van der Waals surface area (Å²) in [5, 5.41) is 13.3. The predicted molar refractivity (Wildman–Crippen MR) is 93.2 cm³/mol. The maximum absolute atomic E-state index is 9.88. The lowest BCUT2D eigenvalue weighted by Crippen LogP contribution is -2.43. The van der Waals surface area contributed by atoms with Crippen LogP contribution in [0, 0.1) is 20.8 Å². The number of rotatable bonds is 8. The van der Waals surface area contributed by atoms with E-state index in [0.717, 1.165) is 31.6 Å². The molecule has 1 fully saturated rings. The van der Waals surface area contributed by atoms with Crippen LogP contribution in [0.25, 0.3) is 0 Å². The Kier molecular flexibility index (Phi) is 7.34. The summed E-state index contributed by atoms with van der Waals surface area (Å²) in [6.07, 6.45) is 4.14. The molecule has 23 heavy (non-hydrogen) atoms. The zero-order chi connectivity index (χ0) is 16.7. The smallest absolute Gasteiger partial charge is 0.125 e. The maximum Gasteiger partial charge on any atom is 0.125 e. The lowest BCUT2D eigenvalue weighted by molar-refractivity contribution is 0.0732. The van der Waals surface area contributed by atoms with Crippen LogP contribution >= 0.6 is 0 Å². The summed E-state index contributed by atoms with van der Waals surface area (Å²) in [5.41, 5.74) is 3.62. The normalized spacial score (nSPS) is 21.4. The summed E-state index contributed by atoms with van der Waals surface area (Å²) in [7, 11) is 0. The molecule has 2 N–H and O–H groups in total. The number of nitrogens with one attached hydrogen (secondary N) is 1. The average molecular weight is 321 g/mol. The summed E-state index contributed by atoms with van der Waals surface area (Å²) in [5.74, 6) is 0.975. The molecular weight excluding hydrogens is 290 g/mol. The van der Waals surface area contributed by atoms with E-state index < -0.39 is 0 Å². The van der Waals surface area contributed by atoms with E-state index in [-0.39, 0.29) is 12.1 Å². The van der Waals surface area contributed by atoms with Crippen LogP contribution < -0.4 is 10.1 Å². The average Bonchev–Trinajstić information content (AvgIpc) is 2.50. The second-order valence-electron chi connectivity index (χ2n) is 6.60. The van der Waals surface area contributed by atoms with Gasteiger partial charge in [-0.05, 0) is 44.7 Å². The van der Waals surface area contributed by atoms with Gasteiger partial charge in [0.2, 0.25) is 0 Å². The van der Waals surface area contributed by atoms with Crippen LogP contribution in [0.2, 0.25) is 0 Å². The summed E-state index contributed by atoms with van der Waals surface area (Å²) < 4.78 is 11.5. The summed E-state index contributed by atoms with van der Waals surface area (Å²) in [6, 6.07) is 4.52. The molecule has 130 valence electrons. The number of aryl methyl sites for hydroxylation is 3. The third-order valence-electron chi connectivity index (χ3n) is 4.46. The fourth-order valence-corrected chi connectivity index (χ4v) is 3.37. The van der Waals surface area contributed by atoms with Gasteiger partial charge in [-0.2, -0.15) is 0 Å². The van der Waals surface area contributed by atoms with Gasteiger partial charge in [0.15, 0.2) is 0 Å². The van der Waals surface area contributed by atoms with E-state index in [0.29, 0.717) is 19.8 Å². The molecule has 2 unspecified atom stereocenters. The van der Waals surface area contributed by atoms with Crippen LogP contribution in [0.1, 0.15) is 42.4 Å². The number of benzene rings is 1. The lowest BCUT2D eigenvalue weighted by atomic mass is 9.93. The highest BCUT2D eigenvalue weighted by Crippen LogP contribution is 2.24. The number of hydrogen-bond acceptors (Lipinski definition) is 4. The molecule has 1 aromatic rings. The van der Waals surface area contributed by atoms with Crippen molar-refractivity contribution >= 4 is 0 Å². The van der Waals surface area contributed by atoms with Crippen molar-refractivity contribution in [2.45, 2.75) is 58.6 Å². The monoisotopic (exact) mass is 321 g/mol. The molecule has 0 spiro atoms. The van der Waals surface area contributed by atoms with Crippen molar-refractivity contribution in [3.63, 3.8) is 0 Å². The van der Waals surface area contributed by atoms with Crippen molar-refractivity contribution in [3.05, 3.63) is 28.8 Å². The molecule has 0 heterocycles. The topological polar surface area (TPSA) is 50.7 Å². The first-order chi connectivity index (χ1) is 11.1. The van der Waals surface area contributed by atoms with E-state index in [9.17, 15) is 5.11 Å². The van der Waals surface area contributed by atoms with Crippen molar-refractivity contribution in [2.24, 2.45) is 0 Å².